The highest BCUT2D eigenvalue weighted by molar-refractivity contribution is 7.88. The van der Waals surface area contributed by atoms with E-state index in [0.29, 0.717) is 0 Å². The first kappa shape index (κ1) is 20.1. The van der Waals surface area contributed by atoms with Crippen molar-refractivity contribution in [3.05, 3.63) is 65.0 Å². The van der Waals surface area contributed by atoms with E-state index in [2.05, 4.69) is 5.32 Å². The van der Waals surface area contributed by atoms with Gasteiger partial charge in [-0.25, -0.2) is 12.8 Å². The van der Waals surface area contributed by atoms with Crippen molar-refractivity contribution in [2.75, 3.05) is 18.1 Å². The summed E-state index contributed by atoms with van der Waals surface area (Å²) in [5.74, 6) is -0.759. The third-order valence-electron chi connectivity index (χ3n) is 4.11. The molecule has 0 saturated heterocycles. The van der Waals surface area contributed by atoms with Gasteiger partial charge in [-0.05, 0) is 31.0 Å². The van der Waals surface area contributed by atoms with Crippen molar-refractivity contribution in [2.24, 2.45) is 0 Å². The molecule has 0 spiro atoms. The number of carbonyl (C=O) groups excluding carboxylic acids is 1. The molecule has 0 bridgehead atoms. The molecule has 0 radical (unpaired) electrons. The van der Waals surface area contributed by atoms with Crippen LogP contribution in [0, 0.1) is 19.7 Å². The first-order chi connectivity index (χ1) is 12.2. The lowest BCUT2D eigenvalue weighted by atomic mass is 10.1. The average Bonchev–Trinajstić information content (AvgIpc) is 2.55. The molecule has 0 heterocycles. The molecule has 1 amide bonds. The van der Waals surface area contributed by atoms with Gasteiger partial charge in [0.15, 0.2) is 0 Å². The Kier molecular flexibility index (Phi) is 6.50. The Morgan fingerprint density at radius 2 is 1.69 bits per heavy atom. The standard InChI is InChI=1S/C19H23FN2O3S/c1-14-7-6-8-15(2)19(14)21-18(23)11-12-22(26(3,24)25)13-16-9-4-5-10-17(16)20/h4-10H,11-13H2,1-3H3,(H,21,23). The van der Waals surface area contributed by atoms with Crippen LogP contribution in [0.3, 0.4) is 0 Å². The smallest absolute Gasteiger partial charge is 0.225 e. The van der Waals surface area contributed by atoms with E-state index in [9.17, 15) is 17.6 Å². The molecule has 0 fully saturated rings. The number of halogens is 1. The number of anilines is 1. The molecule has 0 saturated carbocycles. The summed E-state index contributed by atoms with van der Waals surface area (Å²) in [5, 5.41) is 2.83. The maximum atomic E-state index is 13.8. The summed E-state index contributed by atoms with van der Waals surface area (Å²) in [6, 6.07) is 11.7. The molecule has 26 heavy (non-hydrogen) atoms. The molecule has 140 valence electrons. The first-order valence-electron chi connectivity index (χ1n) is 8.23. The fourth-order valence-corrected chi connectivity index (χ4v) is 3.42. The minimum Gasteiger partial charge on any atom is -0.326 e. The zero-order valence-electron chi connectivity index (χ0n) is 15.1. The van der Waals surface area contributed by atoms with Crippen LogP contribution in [0.15, 0.2) is 42.5 Å². The predicted octanol–water partition coefficient (Wildman–Crippen LogP) is 3.23. The van der Waals surface area contributed by atoms with Crippen LogP contribution < -0.4 is 5.32 Å². The molecule has 0 unspecified atom stereocenters. The molecule has 0 aliphatic heterocycles. The van der Waals surface area contributed by atoms with Crippen LogP contribution in [0.1, 0.15) is 23.1 Å². The summed E-state index contributed by atoms with van der Waals surface area (Å²) >= 11 is 0. The van der Waals surface area contributed by atoms with E-state index in [1.54, 1.807) is 12.1 Å². The van der Waals surface area contributed by atoms with Gasteiger partial charge in [-0.2, -0.15) is 4.31 Å². The number of sulfonamides is 1. The number of para-hydroxylation sites is 1. The van der Waals surface area contributed by atoms with Gasteiger partial charge in [0.1, 0.15) is 5.82 Å². The van der Waals surface area contributed by atoms with Crippen LogP contribution in [0.4, 0.5) is 10.1 Å². The van der Waals surface area contributed by atoms with Crippen LogP contribution in [0.5, 0.6) is 0 Å². The summed E-state index contributed by atoms with van der Waals surface area (Å²) in [6.45, 7) is 3.65. The van der Waals surface area contributed by atoms with E-state index < -0.39 is 15.8 Å². The molecular formula is C19H23FN2O3S. The molecule has 0 aliphatic carbocycles. The topological polar surface area (TPSA) is 66.5 Å². The van der Waals surface area contributed by atoms with E-state index in [0.717, 1.165) is 27.4 Å². The fourth-order valence-electron chi connectivity index (χ4n) is 2.62. The van der Waals surface area contributed by atoms with Gasteiger partial charge >= 0.3 is 0 Å². The maximum Gasteiger partial charge on any atom is 0.225 e. The molecule has 2 rings (SSSR count). The van der Waals surface area contributed by atoms with Gasteiger partial charge in [-0.15, -0.1) is 0 Å². The summed E-state index contributed by atoms with van der Waals surface area (Å²) < 4.78 is 38.9. The van der Waals surface area contributed by atoms with Crippen LogP contribution in [-0.2, 0) is 21.4 Å². The maximum absolute atomic E-state index is 13.8. The van der Waals surface area contributed by atoms with Crippen molar-refractivity contribution in [1.82, 2.24) is 4.31 Å². The van der Waals surface area contributed by atoms with Gasteiger partial charge in [-0.1, -0.05) is 36.4 Å². The molecule has 0 aromatic heterocycles. The molecule has 2 aromatic carbocycles. The van der Waals surface area contributed by atoms with Gasteiger partial charge < -0.3 is 5.32 Å². The lowest BCUT2D eigenvalue weighted by molar-refractivity contribution is -0.116. The van der Waals surface area contributed by atoms with Crippen LogP contribution in [0.25, 0.3) is 0 Å². The second-order valence-electron chi connectivity index (χ2n) is 6.25. The van der Waals surface area contributed by atoms with Gasteiger partial charge in [0.2, 0.25) is 15.9 Å². The number of carbonyl (C=O) groups is 1. The predicted molar refractivity (Wildman–Crippen MR) is 101 cm³/mol. The number of amides is 1. The highest BCUT2D eigenvalue weighted by Gasteiger charge is 2.20. The lowest BCUT2D eigenvalue weighted by Gasteiger charge is -2.20. The number of benzene rings is 2. The van der Waals surface area contributed by atoms with Crippen molar-refractivity contribution in [3.63, 3.8) is 0 Å². The van der Waals surface area contributed by atoms with E-state index in [4.69, 9.17) is 0 Å². The summed E-state index contributed by atoms with van der Waals surface area (Å²) in [7, 11) is -3.58. The Labute approximate surface area is 153 Å². The van der Waals surface area contributed by atoms with Gasteiger partial charge in [0.25, 0.3) is 0 Å². The van der Waals surface area contributed by atoms with Gasteiger partial charge in [-0.3, -0.25) is 4.79 Å². The molecule has 5 nitrogen and oxygen atoms in total. The first-order valence-corrected chi connectivity index (χ1v) is 10.1. The Balaban J connectivity index is 2.06. The molecular weight excluding hydrogens is 355 g/mol. The summed E-state index contributed by atoms with van der Waals surface area (Å²) in [4.78, 5) is 12.3. The average molecular weight is 378 g/mol. The van der Waals surface area contributed by atoms with E-state index in [1.165, 1.54) is 12.1 Å². The molecule has 0 atom stereocenters. The Morgan fingerprint density at radius 3 is 2.27 bits per heavy atom. The highest BCUT2D eigenvalue weighted by Crippen LogP contribution is 2.20. The molecule has 7 heteroatoms. The van der Waals surface area contributed by atoms with Crippen LogP contribution in [-0.4, -0.2) is 31.4 Å². The molecule has 0 aliphatic rings. The zero-order chi connectivity index (χ0) is 19.3. The number of nitrogens with one attached hydrogen (secondary N) is 1. The third-order valence-corrected chi connectivity index (χ3v) is 5.36. The minimum absolute atomic E-state index is 0.0186. The van der Waals surface area contributed by atoms with Crippen LogP contribution in [0.2, 0.25) is 0 Å². The van der Waals surface area contributed by atoms with Gasteiger partial charge in [0, 0.05) is 30.8 Å². The lowest BCUT2D eigenvalue weighted by Crippen LogP contribution is -2.33. The number of hydrogen-bond donors (Lipinski definition) is 1. The number of hydrogen-bond acceptors (Lipinski definition) is 3. The number of nitrogens with zero attached hydrogens (tertiary/aromatic N) is 1. The second kappa shape index (κ2) is 8.42. The second-order valence-corrected chi connectivity index (χ2v) is 8.24. The monoisotopic (exact) mass is 378 g/mol. The molecule has 2 aromatic rings. The van der Waals surface area contributed by atoms with Crippen molar-refractivity contribution >= 4 is 21.6 Å². The van der Waals surface area contributed by atoms with E-state index in [-0.39, 0.29) is 31.0 Å². The van der Waals surface area contributed by atoms with Crippen molar-refractivity contribution in [3.8, 4) is 0 Å². The quantitative estimate of drug-likeness (QED) is 0.804. The zero-order valence-corrected chi connectivity index (χ0v) is 15.9. The Morgan fingerprint density at radius 1 is 1.08 bits per heavy atom. The summed E-state index contributed by atoms with van der Waals surface area (Å²) in [5.41, 5.74) is 2.87. The number of aryl methyl sites for hydroxylation is 2. The molecule has 1 N–H and O–H groups in total. The largest absolute Gasteiger partial charge is 0.326 e. The third kappa shape index (κ3) is 5.37. The number of rotatable bonds is 7. The Bertz CT molecular complexity index is 877. The highest BCUT2D eigenvalue weighted by atomic mass is 32.2. The van der Waals surface area contributed by atoms with Crippen LogP contribution >= 0.6 is 0 Å². The van der Waals surface area contributed by atoms with E-state index >= 15 is 0 Å². The van der Waals surface area contributed by atoms with Gasteiger partial charge in [0.05, 0.1) is 6.26 Å². The fraction of sp³-hybridized carbons (Fsp3) is 0.316. The normalized spacial score (nSPS) is 11.6. The van der Waals surface area contributed by atoms with Crippen molar-refractivity contribution in [2.45, 2.75) is 26.8 Å². The SMILES string of the molecule is Cc1cccc(C)c1NC(=O)CCN(Cc1ccccc1F)S(C)(=O)=O. The minimum atomic E-state index is -3.58. The summed E-state index contributed by atoms with van der Waals surface area (Å²) in [6.07, 6.45) is 1.03. The van der Waals surface area contributed by atoms with E-state index in [1.807, 2.05) is 32.0 Å². The Hall–Kier alpha value is -2.25. The van der Waals surface area contributed by atoms with Crippen molar-refractivity contribution < 1.29 is 17.6 Å². The van der Waals surface area contributed by atoms with Crippen molar-refractivity contribution in [1.29, 1.82) is 0 Å².